The van der Waals surface area contributed by atoms with E-state index >= 15 is 0 Å². The van der Waals surface area contributed by atoms with Crippen LogP contribution in [0.3, 0.4) is 0 Å². The second-order valence-corrected chi connectivity index (χ2v) is 5.18. The third kappa shape index (κ3) is 2.81. The highest BCUT2D eigenvalue weighted by Crippen LogP contribution is 2.27. The number of nitrogens with two attached hydrogens (primary N) is 1. The van der Waals surface area contributed by atoms with Gasteiger partial charge in [0.15, 0.2) is 0 Å². The van der Waals surface area contributed by atoms with Crippen LogP contribution in [0, 0.1) is 5.41 Å². The van der Waals surface area contributed by atoms with E-state index in [0.29, 0.717) is 12.3 Å². The van der Waals surface area contributed by atoms with Crippen LogP contribution in [-0.4, -0.2) is 52.2 Å². The number of hydrogen-bond donors (Lipinski definition) is 4. The summed E-state index contributed by atoms with van der Waals surface area (Å²) in [5.74, 6) is -1.52. The van der Waals surface area contributed by atoms with E-state index in [1.807, 2.05) is 0 Å². The lowest BCUT2D eigenvalue weighted by Gasteiger charge is -2.27. The number of nitrogens with zero attached hydrogens (tertiary/aromatic N) is 1. The molecule has 0 aliphatic carbocycles. The highest BCUT2D eigenvalue weighted by Gasteiger charge is 2.45. The van der Waals surface area contributed by atoms with Gasteiger partial charge in [-0.2, -0.15) is 0 Å². The average Bonchev–Trinajstić information content (AvgIpc) is 3.00. The number of aromatic amines is 1. The number of rotatable bonds is 5. The van der Waals surface area contributed by atoms with E-state index in [2.05, 4.69) is 15.3 Å². The zero-order chi connectivity index (χ0) is 14.8. The monoisotopic (exact) mass is 282 g/mol. The van der Waals surface area contributed by atoms with Crippen molar-refractivity contribution in [1.29, 1.82) is 0 Å². The molecule has 8 heteroatoms. The van der Waals surface area contributed by atoms with Gasteiger partial charge in [-0.1, -0.05) is 0 Å². The third-order valence-electron chi connectivity index (χ3n) is 3.62. The van der Waals surface area contributed by atoms with Gasteiger partial charge in [0.1, 0.15) is 6.04 Å². The zero-order valence-corrected chi connectivity index (χ0v) is 11.1. The van der Waals surface area contributed by atoms with Crippen LogP contribution in [0.25, 0.3) is 0 Å². The first-order valence-corrected chi connectivity index (χ1v) is 6.28. The molecule has 1 aromatic heterocycles. The molecular weight excluding hydrogens is 264 g/mol. The number of H-pyrrole nitrogens is 1. The van der Waals surface area contributed by atoms with Crippen molar-refractivity contribution in [2.45, 2.75) is 25.4 Å². The summed E-state index contributed by atoms with van der Waals surface area (Å²) in [6.07, 6.45) is 3.11. The Hall–Kier alpha value is -1.93. The quantitative estimate of drug-likeness (QED) is 0.541. The molecule has 8 nitrogen and oxygen atoms in total. The van der Waals surface area contributed by atoms with Crippen LogP contribution < -0.4 is 11.1 Å². The predicted octanol–water partition coefficient (Wildman–Crippen LogP) is -1.11. The summed E-state index contributed by atoms with van der Waals surface area (Å²) in [5.41, 5.74) is 5.59. The van der Waals surface area contributed by atoms with Gasteiger partial charge in [-0.15, -0.1) is 0 Å². The minimum absolute atomic E-state index is 0.132. The molecule has 1 fully saturated rings. The predicted molar refractivity (Wildman–Crippen MR) is 68.8 cm³/mol. The van der Waals surface area contributed by atoms with Gasteiger partial charge in [-0.25, -0.2) is 9.78 Å². The number of carbonyl (C=O) groups excluding carboxylic acids is 1. The lowest BCUT2D eigenvalue weighted by molar-refractivity contribution is -0.143. The van der Waals surface area contributed by atoms with E-state index in [0.717, 1.165) is 0 Å². The number of aromatic nitrogens is 2. The van der Waals surface area contributed by atoms with Crippen molar-refractivity contribution in [3.05, 3.63) is 18.2 Å². The molecular formula is C12H18N4O4. The van der Waals surface area contributed by atoms with Crippen molar-refractivity contribution in [1.82, 2.24) is 15.3 Å². The highest BCUT2D eigenvalue weighted by molar-refractivity contribution is 5.88. The molecule has 0 spiro atoms. The molecule has 0 aromatic carbocycles. The summed E-state index contributed by atoms with van der Waals surface area (Å²) >= 11 is 0. The van der Waals surface area contributed by atoms with Crippen LogP contribution >= 0.6 is 0 Å². The van der Waals surface area contributed by atoms with E-state index in [4.69, 9.17) is 10.5 Å². The fourth-order valence-corrected chi connectivity index (χ4v) is 2.06. The Bertz CT molecular complexity index is 490. The molecule has 5 N–H and O–H groups in total. The number of hydrogen-bond acceptors (Lipinski definition) is 5. The van der Waals surface area contributed by atoms with Gasteiger partial charge in [0.05, 0.1) is 25.0 Å². The Kier molecular flexibility index (Phi) is 4.05. The molecule has 20 heavy (non-hydrogen) atoms. The van der Waals surface area contributed by atoms with Crippen LogP contribution in [0.4, 0.5) is 0 Å². The number of imidazole rings is 1. The van der Waals surface area contributed by atoms with Gasteiger partial charge >= 0.3 is 5.97 Å². The molecule has 2 rings (SSSR count). The summed E-state index contributed by atoms with van der Waals surface area (Å²) in [6.45, 7) is 2.16. The summed E-state index contributed by atoms with van der Waals surface area (Å²) in [7, 11) is 0. The largest absolute Gasteiger partial charge is 0.480 e. The molecule has 0 bridgehead atoms. The van der Waals surface area contributed by atoms with E-state index in [1.54, 1.807) is 6.92 Å². The van der Waals surface area contributed by atoms with E-state index in [9.17, 15) is 14.7 Å². The Morgan fingerprint density at radius 1 is 1.75 bits per heavy atom. The minimum atomic E-state index is -1.11. The Labute approximate surface area is 115 Å². The van der Waals surface area contributed by atoms with Crippen LogP contribution in [-0.2, 0) is 20.7 Å². The second-order valence-electron chi connectivity index (χ2n) is 5.18. The Morgan fingerprint density at radius 3 is 3.00 bits per heavy atom. The molecule has 1 aliphatic heterocycles. The molecule has 1 saturated heterocycles. The smallest absolute Gasteiger partial charge is 0.326 e. The van der Waals surface area contributed by atoms with Gasteiger partial charge < -0.3 is 25.9 Å². The maximum absolute atomic E-state index is 12.3. The fourth-order valence-electron chi connectivity index (χ4n) is 2.06. The summed E-state index contributed by atoms with van der Waals surface area (Å²) in [5, 5.41) is 11.7. The van der Waals surface area contributed by atoms with Gasteiger partial charge in [-0.05, 0) is 6.92 Å². The van der Waals surface area contributed by atoms with Crippen LogP contribution in [0.1, 0.15) is 12.6 Å². The third-order valence-corrected chi connectivity index (χ3v) is 3.62. The topological polar surface area (TPSA) is 130 Å². The number of nitrogens with one attached hydrogen (secondary N) is 2. The first-order valence-electron chi connectivity index (χ1n) is 6.28. The first-order chi connectivity index (χ1) is 9.43. The standard InChI is InChI=1S/C12H18N4O4/c1-12(5-20-4-9(12)13)11(19)16-8(10(17)18)2-7-3-14-6-15-7/h3,6,8-9H,2,4-5,13H2,1H3,(H,14,15)(H,16,19)(H,17,18). The number of aliphatic carboxylic acids is 1. The maximum atomic E-state index is 12.3. The number of ether oxygens (including phenoxy) is 1. The van der Waals surface area contributed by atoms with Crippen molar-refractivity contribution in [3.8, 4) is 0 Å². The lowest BCUT2D eigenvalue weighted by Crippen LogP contribution is -2.54. The van der Waals surface area contributed by atoms with Crippen molar-refractivity contribution in [2.75, 3.05) is 13.2 Å². The van der Waals surface area contributed by atoms with Gasteiger partial charge in [-0.3, -0.25) is 4.79 Å². The maximum Gasteiger partial charge on any atom is 0.326 e. The zero-order valence-electron chi connectivity index (χ0n) is 11.1. The molecule has 0 saturated carbocycles. The molecule has 1 amide bonds. The fraction of sp³-hybridized carbons (Fsp3) is 0.583. The summed E-state index contributed by atoms with van der Waals surface area (Å²) in [4.78, 5) is 30.1. The first kappa shape index (κ1) is 14.5. The van der Waals surface area contributed by atoms with Crippen molar-refractivity contribution in [3.63, 3.8) is 0 Å². The number of amides is 1. The average molecular weight is 282 g/mol. The molecule has 1 aliphatic rings. The second kappa shape index (κ2) is 5.59. The van der Waals surface area contributed by atoms with Gasteiger partial charge in [0.2, 0.25) is 5.91 Å². The van der Waals surface area contributed by atoms with Gasteiger partial charge in [0.25, 0.3) is 0 Å². The molecule has 1 aromatic rings. The SMILES string of the molecule is CC1(C(=O)NC(Cc2cnc[nH]2)C(=O)O)COCC1N. The van der Waals surface area contributed by atoms with E-state index in [1.165, 1.54) is 12.5 Å². The van der Waals surface area contributed by atoms with Crippen molar-refractivity contribution in [2.24, 2.45) is 11.1 Å². The van der Waals surface area contributed by atoms with Crippen LogP contribution in [0.5, 0.6) is 0 Å². The molecule has 110 valence electrons. The summed E-state index contributed by atoms with van der Waals surface area (Å²) < 4.78 is 5.19. The van der Waals surface area contributed by atoms with Crippen molar-refractivity contribution >= 4 is 11.9 Å². The minimum Gasteiger partial charge on any atom is -0.480 e. The van der Waals surface area contributed by atoms with Crippen molar-refractivity contribution < 1.29 is 19.4 Å². The van der Waals surface area contributed by atoms with E-state index in [-0.39, 0.29) is 13.0 Å². The van der Waals surface area contributed by atoms with Gasteiger partial charge in [0, 0.05) is 24.4 Å². The summed E-state index contributed by atoms with van der Waals surface area (Å²) in [6, 6.07) is -1.48. The number of carbonyl (C=O) groups is 2. The Balaban J connectivity index is 2.04. The normalized spacial score (nSPS) is 27.2. The highest BCUT2D eigenvalue weighted by atomic mass is 16.5. The van der Waals surface area contributed by atoms with Crippen LogP contribution in [0.15, 0.2) is 12.5 Å². The van der Waals surface area contributed by atoms with E-state index < -0.39 is 29.4 Å². The molecule has 0 radical (unpaired) electrons. The molecule has 3 atom stereocenters. The van der Waals surface area contributed by atoms with Crippen LogP contribution in [0.2, 0.25) is 0 Å². The molecule has 2 heterocycles. The lowest BCUT2D eigenvalue weighted by atomic mass is 9.84. The number of carboxylic acid groups (broad SMARTS) is 1. The Morgan fingerprint density at radius 2 is 2.50 bits per heavy atom. The number of carboxylic acids is 1. The molecule has 3 unspecified atom stereocenters.